The lowest BCUT2D eigenvalue weighted by Gasteiger charge is -2.29. The maximum atomic E-state index is 13.0. The van der Waals surface area contributed by atoms with Gasteiger partial charge in [-0.15, -0.1) is 11.6 Å². The molecule has 1 rings (SSSR count). The molecule has 1 aromatic rings. The van der Waals surface area contributed by atoms with Crippen LogP contribution in [0.4, 0.5) is 4.39 Å². The van der Waals surface area contributed by atoms with Gasteiger partial charge in [0.2, 0.25) is 0 Å². The van der Waals surface area contributed by atoms with Crippen molar-refractivity contribution in [2.75, 3.05) is 5.88 Å². The minimum atomic E-state index is -0.185. The van der Waals surface area contributed by atoms with Crippen molar-refractivity contribution in [2.45, 2.75) is 38.8 Å². The van der Waals surface area contributed by atoms with Gasteiger partial charge in [0.05, 0.1) is 0 Å². The zero-order valence-electron chi connectivity index (χ0n) is 9.89. The molecule has 0 aliphatic carbocycles. The maximum Gasteiger partial charge on any atom is 0.123 e. The number of alkyl halides is 1. The van der Waals surface area contributed by atoms with Crippen LogP contribution >= 0.6 is 11.6 Å². The van der Waals surface area contributed by atoms with Crippen molar-refractivity contribution in [1.82, 2.24) is 5.32 Å². The average Bonchev–Trinajstić information content (AvgIpc) is 2.27. The highest BCUT2D eigenvalue weighted by molar-refractivity contribution is 6.17. The van der Waals surface area contributed by atoms with Gasteiger partial charge in [0, 0.05) is 18.0 Å². The van der Waals surface area contributed by atoms with E-state index in [1.54, 1.807) is 12.1 Å². The number of hydrogen-bond acceptors (Lipinski definition) is 1. The Hall–Kier alpha value is -0.600. The zero-order valence-corrected chi connectivity index (χ0v) is 10.6. The molecule has 0 spiro atoms. The summed E-state index contributed by atoms with van der Waals surface area (Å²) in [4.78, 5) is 0. The van der Waals surface area contributed by atoms with Crippen LogP contribution in [0.15, 0.2) is 24.3 Å². The molecule has 1 unspecified atom stereocenters. The number of rotatable bonds is 6. The molecule has 1 aromatic carbocycles. The summed E-state index contributed by atoms with van der Waals surface area (Å²) < 4.78 is 13.0. The first-order valence-corrected chi connectivity index (χ1v) is 6.18. The molecule has 0 aliphatic heterocycles. The SMILES string of the molecule is CCC(C)(CCCl)NCc1cccc(F)c1. The highest BCUT2D eigenvalue weighted by Crippen LogP contribution is 2.16. The van der Waals surface area contributed by atoms with Gasteiger partial charge in [-0.2, -0.15) is 0 Å². The molecule has 3 heteroatoms. The number of benzene rings is 1. The Bertz CT molecular complexity index is 329. The maximum absolute atomic E-state index is 13.0. The molecule has 0 bridgehead atoms. The van der Waals surface area contributed by atoms with Crippen LogP contribution in [0.2, 0.25) is 0 Å². The van der Waals surface area contributed by atoms with Gasteiger partial charge in [0.25, 0.3) is 0 Å². The highest BCUT2D eigenvalue weighted by atomic mass is 35.5. The molecule has 0 saturated carbocycles. The summed E-state index contributed by atoms with van der Waals surface area (Å²) in [5.74, 6) is 0.454. The van der Waals surface area contributed by atoms with Crippen molar-refractivity contribution in [2.24, 2.45) is 0 Å². The minimum Gasteiger partial charge on any atom is -0.307 e. The second-order valence-corrected chi connectivity index (χ2v) is 4.71. The monoisotopic (exact) mass is 243 g/mol. The van der Waals surface area contributed by atoms with Gasteiger partial charge in [-0.05, 0) is 37.5 Å². The predicted molar refractivity (Wildman–Crippen MR) is 67.3 cm³/mol. The van der Waals surface area contributed by atoms with Gasteiger partial charge in [-0.3, -0.25) is 0 Å². The summed E-state index contributed by atoms with van der Waals surface area (Å²) in [6.07, 6.45) is 1.93. The quantitative estimate of drug-likeness (QED) is 0.751. The minimum absolute atomic E-state index is 0.0358. The lowest BCUT2D eigenvalue weighted by molar-refractivity contribution is 0.331. The Labute approximate surface area is 102 Å². The largest absolute Gasteiger partial charge is 0.307 e. The van der Waals surface area contributed by atoms with Crippen LogP contribution in [0, 0.1) is 5.82 Å². The van der Waals surface area contributed by atoms with Crippen molar-refractivity contribution < 1.29 is 4.39 Å². The van der Waals surface area contributed by atoms with Crippen LogP contribution in [0.1, 0.15) is 32.3 Å². The molecule has 0 heterocycles. The normalized spacial score (nSPS) is 14.8. The first kappa shape index (κ1) is 13.5. The van der Waals surface area contributed by atoms with E-state index in [0.29, 0.717) is 12.4 Å². The molecule has 0 radical (unpaired) electrons. The van der Waals surface area contributed by atoms with E-state index in [-0.39, 0.29) is 11.4 Å². The van der Waals surface area contributed by atoms with Gasteiger partial charge < -0.3 is 5.32 Å². The van der Waals surface area contributed by atoms with E-state index in [2.05, 4.69) is 19.2 Å². The Balaban J connectivity index is 2.55. The molecule has 0 aromatic heterocycles. The van der Waals surface area contributed by atoms with E-state index in [0.717, 1.165) is 18.4 Å². The van der Waals surface area contributed by atoms with Crippen LogP contribution in [-0.2, 0) is 6.54 Å². The predicted octanol–water partition coefficient (Wildman–Crippen LogP) is 3.71. The highest BCUT2D eigenvalue weighted by Gasteiger charge is 2.19. The first-order valence-electron chi connectivity index (χ1n) is 5.65. The molecule has 1 atom stereocenters. The van der Waals surface area contributed by atoms with Crippen LogP contribution in [0.25, 0.3) is 0 Å². The Morgan fingerprint density at radius 1 is 1.44 bits per heavy atom. The lowest BCUT2D eigenvalue weighted by Crippen LogP contribution is -2.41. The van der Waals surface area contributed by atoms with E-state index in [4.69, 9.17) is 11.6 Å². The van der Waals surface area contributed by atoms with Crippen molar-refractivity contribution >= 4 is 11.6 Å². The zero-order chi connectivity index (χ0) is 12.0. The average molecular weight is 244 g/mol. The number of halogens is 2. The van der Waals surface area contributed by atoms with Gasteiger partial charge in [0.1, 0.15) is 5.82 Å². The summed E-state index contributed by atoms with van der Waals surface area (Å²) in [7, 11) is 0. The number of hydrogen-bond donors (Lipinski definition) is 1. The summed E-state index contributed by atoms with van der Waals surface area (Å²) in [5.41, 5.74) is 1.00. The second-order valence-electron chi connectivity index (χ2n) is 4.34. The van der Waals surface area contributed by atoms with Crippen molar-refractivity contribution in [1.29, 1.82) is 0 Å². The van der Waals surface area contributed by atoms with E-state index in [1.807, 2.05) is 6.07 Å². The third kappa shape index (κ3) is 4.11. The van der Waals surface area contributed by atoms with Crippen molar-refractivity contribution in [3.05, 3.63) is 35.6 Å². The van der Waals surface area contributed by atoms with Gasteiger partial charge in [-0.1, -0.05) is 19.1 Å². The summed E-state index contributed by atoms with van der Waals surface area (Å²) in [6, 6.07) is 6.68. The van der Waals surface area contributed by atoms with Crippen LogP contribution in [-0.4, -0.2) is 11.4 Å². The third-order valence-corrected chi connectivity index (χ3v) is 3.22. The Morgan fingerprint density at radius 3 is 2.75 bits per heavy atom. The van der Waals surface area contributed by atoms with Gasteiger partial charge in [-0.25, -0.2) is 4.39 Å². The molecule has 90 valence electrons. The molecule has 0 amide bonds. The Kier molecular flexibility index (Phi) is 5.23. The second kappa shape index (κ2) is 6.21. The third-order valence-electron chi connectivity index (χ3n) is 3.03. The summed E-state index contributed by atoms with van der Waals surface area (Å²) >= 11 is 5.77. The van der Waals surface area contributed by atoms with Gasteiger partial charge >= 0.3 is 0 Å². The smallest absolute Gasteiger partial charge is 0.123 e. The molecule has 16 heavy (non-hydrogen) atoms. The summed E-state index contributed by atoms with van der Waals surface area (Å²) in [5, 5.41) is 3.44. The fourth-order valence-corrected chi connectivity index (χ4v) is 1.98. The van der Waals surface area contributed by atoms with E-state index >= 15 is 0 Å². The molecule has 0 aliphatic rings. The topological polar surface area (TPSA) is 12.0 Å². The Morgan fingerprint density at radius 2 is 2.19 bits per heavy atom. The van der Waals surface area contributed by atoms with E-state index in [9.17, 15) is 4.39 Å². The molecule has 1 nitrogen and oxygen atoms in total. The van der Waals surface area contributed by atoms with Crippen LogP contribution in [0.3, 0.4) is 0 Å². The van der Waals surface area contributed by atoms with E-state index < -0.39 is 0 Å². The van der Waals surface area contributed by atoms with Crippen molar-refractivity contribution in [3.63, 3.8) is 0 Å². The fraction of sp³-hybridized carbons (Fsp3) is 0.538. The first-order chi connectivity index (χ1) is 7.59. The molecular formula is C13H19ClFN. The number of nitrogens with one attached hydrogen (secondary N) is 1. The lowest BCUT2D eigenvalue weighted by atomic mass is 9.95. The molecule has 0 saturated heterocycles. The molecule has 0 fully saturated rings. The van der Waals surface area contributed by atoms with Gasteiger partial charge in [0.15, 0.2) is 0 Å². The van der Waals surface area contributed by atoms with Crippen LogP contribution in [0.5, 0.6) is 0 Å². The molecular weight excluding hydrogens is 225 g/mol. The molecule has 1 N–H and O–H groups in total. The van der Waals surface area contributed by atoms with Crippen molar-refractivity contribution in [3.8, 4) is 0 Å². The summed E-state index contributed by atoms with van der Waals surface area (Å²) in [6.45, 7) is 4.96. The standard InChI is InChI=1S/C13H19ClFN/c1-3-13(2,7-8-14)16-10-11-5-4-6-12(15)9-11/h4-6,9,16H,3,7-8,10H2,1-2H3. The fourth-order valence-electron chi connectivity index (χ4n) is 1.56. The van der Waals surface area contributed by atoms with E-state index in [1.165, 1.54) is 6.07 Å². The van der Waals surface area contributed by atoms with Crippen LogP contribution < -0.4 is 5.32 Å².